The molecule has 2 amide bonds. The highest BCUT2D eigenvalue weighted by atomic mass is 79.9. The summed E-state index contributed by atoms with van der Waals surface area (Å²) in [5, 5.41) is 2.74. The molecule has 0 aliphatic carbocycles. The van der Waals surface area contributed by atoms with Crippen LogP contribution in [-0.4, -0.2) is 37.4 Å². The minimum atomic E-state index is -0.147. The van der Waals surface area contributed by atoms with Gasteiger partial charge < -0.3 is 10.2 Å². The maximum Gasteiger partial charge on any atom is 0.251 e. The van der Waals surface area contributed by atoms with Gasteiger partial charge in [0, 0.05) is 37.1 Å². The third-order valence-corrected chi connectivity index (χ3v) is 3.05. The predicted octanol–water partition coefficient (Wildman–Crippen LogP) is 1.97. The van der Waals surface area contributed by atoms with Crippen molar-refractivity contribution in [3.63, 3.8) is 0 Å². The zero-order chi connectivity index (χ0) is 13.7. The number of carbonyl (C=O) groups is 2. The van der Waals surface area contributed by atoms with Crippen LogP contribution in [0.4, 0.5) is 0 Å². The number of hydrogen-bond acceptors (Lipinski definition) is 2. The number of rotatable bonds is 4. The number of nitrogens with one attached hydrogen (secondary N) is 1. The minimum absolute atomic E-state index is 0.00262. The Morgan fingerprint density at radius 2 is 2.00 bits per heavy atom. The monoisotopic (exact) mass is 312 g/mol. The Bertz CT molecular complexity index is 458. The Labute approximate surface area is 115 Å². The van der Waals surface area contributed by atoms with E-state index >= 15 is 0 Å². The van der Waals surface area contributed by atoms with E-state index < -0.39 is 0 Å². The molecule has 1 rings (SSSR count). The maximum absolute atomic E-state index is 11.9. The molecule has 0 unspecified atom stereocenters. The summed E-state index contributed by atoms with van der Waals surface area (Å²) >= 11 is 3.35. The normalized spacial score (nSPS) is 10.0. The standard InChI is InChI=1S/C13H17BrN2O2/c1-9-8-10(14)4-5-11(9)13(18)15-7-6-12(17)16(2)3/h4-5,8H,6-7H2,1-3H3,(H,15,18). The topological polar surface area (TPSA) is 49.4 Å². The molecule has 0 atom stereocenters. The molecule has 1 aromatic rings. The first kappa shape index (κ1) is 14.7. The van der Waals surface area contributed by atoms with Crippen LogP contribution in [-0.2, 0) is 4.79 Å². The van der Waals surface area contributed by atoms with Gasteiger partial charge in [-0.3, -0.25) is 9.59 Å². The molecule has 0 fully saturated rings. The lowest BCUT2D eigenvalue weighted by Gasteiger charge is -2.11. The predicted molar refractivity (Wildman–Crippen MR) is 74.5 cm³/mol. The van der Waals surface area contributed by atoms with Crippen molar-refractivity contribution in [1.82, 2.24) is 10.2 Å². The number of halogens is 1. The van der Waals surface area contributed by atoms with E-state index in [1.165, 1.54) is 4.90 Å². The van der Waals surface area contributed by atoms with Crippen molar-refractivity contribution < 1.29 is 9.59 Å². The van der Waals surface area contributed by atoms with Gasteiger partial charge in [-0.15, -0.1) is 0 Å². The van der Waals surface area contributed by atoms with E-state index in [-0.39, 0.29) is 11.8 Å². The average molecular weight is 313 g/mol. The summed E-state index contributed by atoms with van der Waals surface area (Å²) < 4.78 is 0.944. The molecule has 1 aromatic carbocycles. The summed E-state index contributed by atoms with van der Waals surface area (Å²) in [6.07, 6.45) is 0.314. The molecule has 4 nitrogen and oxygen atoms in total. The van der Waals surface area contributed by atoms with Gasteiger partial charge in [0.15, 0.2) is 0 Å². The van der Waals surface area contributed by atoms with Crippen molar-refractivity contribution in [1.29, 1.82) is 0 Å². The number of nitrogens with zero attached hydrogens (tertiary/aromatic N) is 1. The molecule has 0 bridgehead atoms. The van der Waals surface area contributed by atoms with Crippen molar-refractivity contribution in [2.45, 2.75) is 13.3 Å². The molecule has 0 aliphatic heterocycles. The second-order valence-electron chi connectivity index (χ2n) is 4.25. The van der Waals surface area contributed by atoms with Gasteiger partial charge in [-0.1, -0.05) is 15.9 Å². The Balaban J connectivity index is 2.53. The van der Waals surface area contributed by atoms with Crippen molar-refractivity contribution in [3.8, 4) is 0 Å². The Morgan fingerprint density at radius 3 is 2.56 bits per heavy atom. The van der Waals surface area contributed by atoms with Gasteiger partial charge in [0.25, 0.3) is 5.91 Å². The largest absolute Gasteiger partial charge is 0.352 e. The fourth-order valence-electron chi connectivity index (χ4n) is 1.48. The number of aryl methyl sites for hydroxylation is 1. The lowest BCUT2D eigenvalue weighted by atomic mass is 10.1. The van der Waals surface area contributed by atoms with Crippen LogP contribution in [0.25, 0.3) is 0 Å². The van der Waals surface area contributed by atoms with Crippen LogP contribution in [0.1, 0.15) is 22.3 Å². The van der Waals surface area contributed by atoms with Gasteiger partial charge in [0.1, 0.15) is 0 Å². The maximum atomic E-state index is 11.9. The molecular weight excluding hydrogens is 296 g/mol. The van der Waals surface area contributed by atoms with Gasteiger partial charge in [-0.05, 0) is 30.7 Å². The van der Waals surface area contributed by atoms with Gasteiger partial charge in [0.05, 0.1) is 0 Å². The minimum Gasteiger partial charge on any atom is -0.352 e. The van der Waals surface area contributed by atoms with Crippen molar-refractivity contribution in [2.24, 2.45) is 0 Å². The second kappa shape index (κ2) is 6.54. The van der Waals surface area contributed by atoms with E-state index in [1.54, 1.807) is 20.2 Å². The lowest BCUT2D eigenvalue weighted by molar-refractivity contribution is -0.128. The highest BCUT2D eigenvalue weighted by molar-refractivity contribution is 9.10. The van der Waals surface area contributed by atoms with Gasteiger partial charge >= 0.3 is 0 Å². The Kier molecular flexibility index (Phi) is 5.34. The van der Waals surface area contributed by atoms with Crippen LogP contribution >= 0.6 is 15.9 Å². The first-order valence-corrected chi connectivity index (χ1v) is 6.45. The molecule has 0 aromatic heterocycles. The van der Waals surface area contributed by atoms with Gasteiger partial charge in [0.2, 0.25) is 5.91 Å². The van der Waals surface area contributed by atoms with Gasteiger partial charge in [-0.2, -0.15) is 0 Å². The van der Waals surface area contributed by atoms with Crippen LogP contribution in [0.2, 0.25) is 0 Å². The molecule has 0 aliphatic rings. The summed E-state index contributed by atoms with van der Waals surface area (Å²) in [6.45, 7) is 2.23. The van der Waals surface area contributed by atoms with E-state index in [1.807, 2.05) is 19.1 Å². The fraction of sp³-hybridized carbons (Fsp3) is 0.385. The average Bonchev–Trinajstić information content (AvgIpc) is 2.28. The van der Waals surface area contributed by atoms with Crippen LogP contribution in [0.5, 0.6) is 0 Å². The molecule has 5 heteroatoms. The van der Waals surface area contributed by atoms with Crippen LogP contribution in [0.15, 0.2) is 22.7 Å². The third kappa shape index (κ3) is 4.14. The molecular formula is C13H17BrN2O2. The molecule has 1 N–H and O–H groups in total. The van der Waals surface area contributed by atoms with Crippen LogP contribution in [0, 0.1) is 6.92 Å². The van der Waals surface area contributed by atoms with Crippen molar-refractivity contribution >= 4 is 27.7 Å². The second-order valence-corrected chi connectivity index (χ2v) is 5.17. The highest BCUT2D eigenvalue weighted by Crippen LogP contribution is 2.15. The van der Waals surface area contributed by atoms with Gasteiger partial charge in [-0.25, -0.2) is 0 Å². The summed E-state index contributed by atoms with van der Waals surface area (Å²) in [7, 11) is 3.39. The van der Waals surface area contributed by atoms with E-state index in [2.05, 4.69) is 21.2 Å². The summed E-state index contributed by atoms with van der Waals surface area (Å²) in [4.78, 5) is 24.7. The molecule has 0 heterocycles. The zero-order valence-corrected chi connectivity index (χ0v) is 12.4. The smallest absolute Gasteiger partial charge is 0.251 e. The van der Waals surface area contributed by atoms with E-state index in [4.69, 9.17) is 0 Å². The fourth-order valence-corrected chi connectivity index (χ4v) is 1.96. The van der Waals surface area contributed by atoms with E-state index in [9.17, 15) is 9.59 Å². The first-order valence-electron chi connectivity index (χ1n) is 5.66. The molecule has 0 saturated carbocycles. The van der Waals surface area contributed by atoms with Crippen molar-refractivity contribution in [2.75, 3.05) is 20.6 Å². The quantitative estimate of drug-likeness (QED) is 0.924. The first-order chi connectivity index (χ1) is 8.41. The molecule has 18 heavy (non-hydrogen) atoms. The van der Waals surface area contributed by atoms with E-state index in [0.717, 1.165) is 10.0 Å². The number of carbonyl (C=O) groups excluding carboxylic acids is 2. The number of amides is 2. The van der Waals surface area contributed by atoms with Crippen LogP contribution in [0.3, 0.4) is 0 Å². The number of benzene rings is 1. The molecule has 98 valence electrons. The van der Waals surface area contributed by atoms with Crippen molar-refractivity contribution in [3.05, 3.63) is 33.8 Å². The summed E-state index contributed by atoms with van der Waals surface area (Å²) in [5.41, 5.74) is 1.54. The van der Waals surface area contributed by atoms with Crippen LogP contribution < -0.4 is 5.32 Å². The Hall–Kier alpha value is -1.36. The number of hydrogen-bond donors (Lipinski definition) is 1. The van der Waals surface area contributed by atoms with E-state index in [0.29, 0.717) is 18.5 Å². The third-order valence-electron chi connectivity index (χ3n) is 2.56. The molecule has 0 spiro atoms. The molecule has 0 saturated heterocycles. The molecule has 0 radical (unpaired) electrons. The lowest BCUT2D eigenvalue weighted by Crippen LogP contribution is -2.30. The highest BCUT2D eigenvalue weighted by Gasteiger charge is 2.10. The zero-order valence-electron chi connectivity index (χ0n) is 10.8. The summed E-state index contributed by atoms with van der Waals surface area (Å²) in [6, 6.07) is 5.48. The summed E-state index contributed by atoms with van der Waals surface area (Å²) in [5.74, 6) is -0.144. The Morgan fingerprint density at radius 1 is 1.33 bits per heavy atom. The SMILES string of the molecule is Cc1cc(Br)ccc1C(=O)NCCC(=O)N(C)C.